The van der Waals surface area contributed by atoms with E-state index in [2.05, 4.69) is 33.8 Å². The van der Waals surface area contributed by atoms with E-state index in [0.717, 1.165) is 19.4 Å². The van der Waals surface area contributed by atoms with E-state index in [9.17, 15) is 0 Å². The third-order valence-electron chi connectivity index (χ3n) is 2.28. The lowest BCUT2D eigenvalue weighted by molar-refractivity contribution is 0.0584. The molecular formula is C13H26O. The van der Waals surface area contributed by atoms with Crippen molar-refractivity contribution in [2.75, 3.05) is 6.61 Å². The summed E-state index contributed by atoms with van der Waals surface area (Å²) in [5.41, 5.74) is 1.41. The number of hydrogen-bond donors (Lipinski definition) is 0. The molecule has 0 aliphatic heterocycles. The molecule has 0 fully saturated rings. The lowest BCUT2D eigenvalue weighted by atomic mass is 10.2. The van der Waals surface area contributed by atoms with Crippen LogP contribution in [0.15, 0.2) is 11.6 Å². The van der Waals surface area contributed by atoms with Gasteiger partial charge in [-0.3, -0.25) is 0 Å². The molecule has 0 saturated heterocycles. The van der Waals surface area contributed by atoms with Crippen LogP contribution in [0.5, 0.6) is 0 Å². The van der Waals surface area contributed by atoms with Crippen molar-refractivity contribution in [1.82, 2.24) is 0 Å². The van der Waals surface area contributed by atoms with Crippen LogP contribution in [0.3, 0.4) is 0 Å². The molecule has 0 saturated carbocycles. The molecule has 0 spiro atoms. The Bertz CT molecular complexity index is 145. The van der Waals surface area contributed by atoms with E-state index in [1.54, 1.807) is 0 Å². The van der Waals surface area contributed by atoms with Gasteiger partial charge in [-0.25, -0.2) is 0 Å². The monoisotopic (exact) mass is 198 g/mol. The fourth-order valence-corrected chi connectivity index (χ4v) is 1.33. The Kier molecular flexibility index (Phi) is 9.06. The first kappa shape index (κ1) is 13.7. The second-order valence-electron chi connectivity index (χ2n) is 4.25. The Morgan fingerprint density at radius 2 is 2.00 bits per heavy atom. The van der Waals surface area contributed by atoms with Gasteiger partial charge in [0.15, 0.2) is 0 Å². The van der Waals surface area contributed by atoms with Crippen LogP contribution in [0, 0.1) is 0 Å². The zero-order chi connectivity index (χ0) is 10.8. The van der Waals surface area contributed by atoms with Gasteiger partial charge in [-0.15, -0.1) is 0 Å². The van der Waals surface area contributed by atoms with Gasteiger partial charge in [-0.2, -0.15) is 0 Å². The molecule has 14 heavy (non-hydrogen) atoms. The van der Waals surface area contributed by atoms with E-state index >= 15 is 0 Å². The number of unbranched alkanes of at least 4 members (excludes halogenated alkanes) is 2. The van der Waals surface area contributed by atoms with Gasteiger partial charge in [0.05, 0.1) is 6.10 Å². The summed E-state index contributed by atoms with van der Waals surface area (Å²) in [6, 6.07) is 0. The molecule has 0 aromatic heterocycles. The van der Waals surface area contributed by atoms with Crippen molar-refractivity contribution in [2.24, 2.45) is 0 Å². The smallest absolute Gasteiger partial charge is 0.0549 e. The van der Waals surface area contributed by atoms with Gasteiger partial charge in [0.2, 0.25) is 0 Å². The summed E-state index contributed by atoms with van der Waals surface area (Å²) in [5.74, 6) is 0. The number of allylic oxidation sites excluding steroid dienone is 2. The molecule has 1 unspecified atom stereocenters. The average Bonchev–Trinajstić information content (AvgIpc) is 2.12. The van der Waals surface area contributed by atoms with Crippen LogP contribution in [-0.4, -0.2) is 12.7 Å². The van der Waals surface area contributed by atoms with Crippen LogP contribution >= 0.6 is 0 Å². The van der Waals surface area contributed by atoms with Gasteiger partial charge >= 0.3 is 0 Å². The maximum Gasteiger partial charge on any atom is 0.0549 e. The Hall–Kier alpha value is -0.300. The Labute approximate surface area is 89.5 Å². The van der Waals surface area contributed by atoms with E-state index in [1.165, 1.54) is 24.8 Å². The predicted molar refractivity (Wildman–Crippen MR) is 63.6 cm³/mol. The van der Waals surface area contributed by atoms with E-state index in [0.29, 0.717) is 6.10 Å². The summed E-state index contributed by atoms with van der Waals surface area (Å²) >= 11 is 0. The molecule has 0 amide bonds. The van der Waals surface area contributed by atoms with Crippen LogP contribution < -0.4 is 0 Å². The molecule has 1 heteroatoms. The summed E-state index contributed by atoms with van der Waals surface area (Å²) < 4.78 is 5.70. The highest BCUT2D eigenvalue weighted by Gasteiger charge is 1.99. The third-order valence-corrected chi connectivity index (χ3v) is 2.28. The fraction of sp³-hybridized carbons (Fsp3) is 0.846. The lowest BCUT2D eigenvalue weighted by Crippen LogP contribution is -2.08. The van der Waals surface area contributed by atoms with Crippen molar-refractivity contribution >= 4 is 0 Å². The van der Waals surface area contributed by atoms with Crippen LogP contribution in [-0.2, 0) is 4.74 Å². The quantitative estimate of drug-likeness (QED) is 0.417. The molecular weight excluding hydrogens is 172 g/mol. The Morgan fingerprint density at radius 3 is 2.57 bits per heavy atom. The summed E-state index contributed by atoms with van der Waals surface area (Å²) in [5, 5.41) is 0. The molecule has 0 radical (unpaired) electrons. The number of hydrogen-bond acceptors (Lipinski definition) is 1. The third kappa shape index (κ3) is 9.79. The molecule has 0 bridgehead atoms. The Morgan fingerprint density at radius 1 is 1.29 bits per heavy atom. The predicted octanol–water partition coefficient (Wildman–Crippen LogP) is 4.33. The van der Waals surface area contributed by atoms with Crippen molar-refractivity contribution in [3.8, 4) is 0 Å². The normalized spacial score (nSPS) is 12.6. The minimum atomic E-state index is 0.419. The maximum atomic E-state index is 5.70. The largest absolute Gasteiger partial charge is 0.378 e. The van der Waals surface area contributed by atoms with Crippen molar-refractivity contribution in [1.29, 1.82) is 0 Å². The van der Waals surface area contributed by atoms with Gasteiger partial charge in [-0.1, -0.05) is 31.4 Å². The van der Waals surface area contributed by atoms with Crippen LogP contribution in [0.1, 0.15) is 59.8 Å². The van der Waals surface area contributed by atoms with Crippen LogP contribution in [0.25, 0.3) is 0 Å². The molecule has 1 nitrogen and oxygen atoms in total. The summed E-state index contributed by atoms with van der Waals surface area (Å²) in [6.07, 6.45) is 8.78. The molecule has 0 aliphatic rings. The molecule has 0 aliphatic carbocycles. The highest BCUT2D eigenvalue weighted by Crippen LogP contribution is 2.06. The first-order chi connectivity index (χ1) is 6.66. The summed E-state index contributed by atoms with van der Waals surface area (Å²) in [4.78, 5) is 0. The zero-order valence-corrected chi connectivity index (χ0v) is 10.3. The van der Waals surface area contributed by atoms with Crippen molar-refractivity contribution in [3.05, 3.63) is 11.6 Å². The van der Waals surface area contributed by atoms with Gasteiger partial charge in [0, 0.05) is 6.61 Å². The average molecular weight is 198 g/mol. The minimum Gasteiger partial charge on any atom is -0.378 e. The maximum absolute atomic E-state index is 5.70. The SMILES string of the molecule is CCCCCOC(C)CCC=C(C)C. The molecule has 0 aromatic carbocycles. The highest BCUT2D eigenvalue weighted by atomic mass is 16.5. The minimum absolute atomic E-state index is 0.419. The second kappa shape index (κ2) is 9.26. The highest BCUT2D eigenvalue weighted by molar-refractivity contribution is 4.92. The van der Waals surface area contributed by atoms with Crippen molar-refractivity contribution in [3.63, 3.8) is 0 Å². The Balaban J connectivity index is 3.28. The van der Waals surface area contributed by atoms with E-state index in [1.807, 2.05) is 0 Å². The molecule has 84 valence electrons. The molecule has 0 aromatic rings. The topological polar surface area (TPSA) is 9.23 Å². The first-order valence-corrected chi connectivity index (χ1v) is 5.91. The standard InChI is InChI=1S/C13H26O/c1-5-6-7-11-14-13(4)10-8-9-12(2)3/h9,13H,5-8,10-11H2,1-4H3. The van der Waals surface area contributed by atoms with Crippen LogP contribution in [0.4, 0.5) is 0 Å². The number of ether oxygens (including phenoxy) is 1. The van der Waals surface area contributed by atoms with Gasteiger partial charge < -0.3 is 4.74 Å². The van der Waals surface area contributed by atoms with E-state index in [-0.39, 0.29) is 0 Å². The number of rotatable bonds is 8. The molecule has 0 heterocycles. The second-order valence-corrected chi connectivity index (χ2v) is 4.25. The van der Waals surface area contributed by atoms with Crippen molar-refractivity contribution < 1.29 is 4.74 Å². The van der Waals surface area contributed by atoms with E-state index in [4.69, 9.17) is 4.74 Å². The molecule has 1 atom stereocenters. The van der Waals surface area contributed by atoms with E-state index < -0.39 is 0 Å². The fourth-order valence-electron chi connectivity index (χ4n) is 1.33. The zero-order valence-electron chi connectivity index (χ0n) is 10.3. The summed E-state index contributed by atoms with van der Waals surface area (Å²) in [6.45, 7) is 9.62. The lowest BCUT2D eigenvalue weighted by Gasteiger charge is -2.11. The van der Waals surface area contributed by atoms with Gasteiger partial charge in [0.25, 0.3) is 0 Å². The van der Waals surface area contributed by atoms with Crippen molar-refractivity contribution in [2.45, 2.75) is 65.9 Å². The van der Waals surface area contributed by atoms with Gasteiger partial charge in [0.1, 0.15) is 0 Å². The van der Waals surface area contributed by atoms with Crippen LogP contribution in [0.2, 0.25) is 0 Å². The molecule has 0 rings (SSSR count). The summed E-state index contributed by atoms with van der Waals surface area (Å²) in [7, 11) is 0. The first-order valence-electron chi connectivity index (χ1n) is 5.91. The van der Waals surface area contributed by atoms with Gasteiger partial charge in [-0.05, 0) is 40.0 Å². The molecule has 0 N–H and O–H groups in total.